The quantitative estimate of drug-likeness (QED) is 0.474. The Morgan fingerprint density at radius 2 is 2.00 bits per heavy atom. The molecule has 0 spiro atoms. The third-order valence-corrected chi connectivity index (χ3v) is 2.73. The van der Waals surface area contributed by atoms with Crippen molar-refractivity contribution in [3.05, 3.63) is 58.7 Å². The average Bonchev–Trinajstić information content (AvgIpc) is 2.47. The van der Waals surface area contributed by atoms with Crippen molar-refractivity contribution >= 4 is 5.97 Å². The monoisotopic (exact) mass is 272 g/mol. The van der Waals surface area contributed by atoms with Gasteiger partial charge in [-0.2, -0.15) is 14.4 Å². The highest BCUT2D eigenvalue weighted by Gasteiger charge is 2.23. The van der Waals surface area contributed by atoms with Crippen LogP contribution in [0, 0.1) is 22.4 Å². The van der Waals surface area contributed by atoms with E-state index in [-0.39, 0.29) is 16.8 Å². The number of pyridine rings is 1. The Balaban J connectivity index is 2.60. The van der Waals surface area contributed by atoms with Gasteiger partial charge in [0, 0.05) is 6.07 Å². The van der Waals surface area contributed by atoms with E-state index in [9.17, 15) is 14.4 Å². The van der Waals surface area contributed by atoms with Crippen LogP contribution in [0.5, 0.6) is 0 Å². The number of hydrogen-bond acceptors (Lipinski definition) is 4. The number of rotatable bonds is 2. The van der Waals surface area contributed by atoms with Gasteiger partial charge < -0.3 is 9.94 Å². The van der Waals surface area contributed by atoms with Crippen LogP contribution in [0.15, 0.2) is 36.5 Å². The molecule has 0 atom stereocenters. The fraction of sp³-hybridized carbons (Fsp3) is 0.0714. The minimum atomic E-state index is -0.959. The first kappa shape index (κ1) is 13.5. The first-order valence-electron chi connectivity index (χ1n) is 5.59. The van der Waals surface area contributed by atoms with E-state index >= 15 is 0 Å². The maximum Gasteiger partial charge on any atom is 0.341 e. The van der Waals surface area contributed by atoms with Gasteiger partial charge in [-0.05, 0) is 24.3 Å². The largest absolute Gasteiger partial charge is 0.618 e. The smallest absolute Gasteiger partial charge is 0.341 e. The van der Waals surface area contributed by atoms with Crippen LogP contribution in [0.4, 0.5) is 4.39 Å². The Morgan fingerprint density at radius 1 is 1.35 bits per heavy atom. The van der Waals surface area contributed by atoms with Crippen molar-refractivity contribution in [1.29, 1.82) is 5.26 Å². The minimum absolute atomic E-state index is 0.266. The summed E-state index contributed by atoms with van der Waals surface area (Å²) in [5, 5.41) is 20.4. The van der Waals surface area contributed by atoms with E-state index in [2.05, 4.69) is 4.74 Å². The molecular weight excluding hydrogens is 263 g/mol. The first-order chi connectivity index (χ1) is 9.58. The molecule has 2 aromatic rings. The number of carbonyl (C=O) groups excluding carboxylic acids is 1. The molecule has 1 aromatic carbocycles. The highest BCUT2D eigenvalue weighted by atomic mass is 19.1. The van der Waals surface area contributed by atoms with Gasteiger partial charge >= 0.3 is 5.97 Å². The molecule has 0 aliphatic carbocycles. The summed E-state index contributed by atoms with van der Waals surface area (Å²) >= 11 is 0. The Kier molecular flexibility index (Phi) is 3.62. The summed E-state index contributed by atoms with van der Waals surface area (Å²) in [5.74, 6) is -1.82. The summed E-state index contributed by atoms with van der Waals surface area (Å²) in [7, 11) is 1.13. The molecule has 0 radical (unpaired) electrons. The Bertz CT molecular complexity index is 706. The van der Waals surface area contributed by atoms with Crippen molar-refractivity contribution in [3.8, 4) is 17.3 Å². The zero-order valence-corrected chi connectivity index (χ0v) is 10.5. The lowest BCUT2D eigenvalue weighted by Gasteiger charge is -2.08. The standard InChI is InChI=1S/C14H9FN2O3/c1-20-14(18)11-6-7-17(19)13(12(11)15)10-4-2-9(8-16)3-5-10/h2-7H,1H3. The molecule has 100 valence electrons. The Hall–Kier alpha value is -2.94. The summed E-state index contributed by atoms with van der Waals surface area (Å²) in [6, 6.07) is 8.77. The van der Waals surface area contributed by atoms with Crippen molar-refractivity contribution in [3.63, 3.8) is 0 Å². The van der Waals surface area contributed by atoms with Crippen molar-refractivity contribution in [2.24, 2.45) is 0 Å². The van der Waals surface area contributed by atoms with Crippen molar-refractivity contribution in [2.75, 3.05) is 7.11 Å². The average molecular weight is 272 g/mol. The second kappa shape index (κ2) is 5.36. The lowest BCUT2D eigenvalue weighted by Crippen LogP contribution is -2.31. The van der Waals surface area contributed by atoms with Crippen LogP contribution < -0.4 is 4.73 Å². The summed E-state index contributed by atoms with van der Waals surface area (Å²) in [6.45, 7) is 0. The van der Waals surface area contributed by atoms with E-state index in [0.717, 1.165) is 19.4 Å². The highest BCUT2D eigenvalue weighted by molar-refractivity contribution is 5.90. The number of halogens is 1. The first-order valence-corrected chi connectivity index (χ1v) is 5.59. The van der Waals surface area contributed by atoms with Crippen LogP contribution in [0.3, 0.4) is 0 Å². The molecule has 0 aliphatic rings. The fourth-order valence-electron chi connectivity index (χ4n) is 1.74. The van der Waals surface area contributed by atoms with Gasteiger partial charge in [0.05, 0.1) is 24.3 Å². The van der Waals surface area contributed by atoms with Crippen LogP contribution >= 0.6 is 0 Å². The van der Waals surface area contributed by atoms with Crippen molar-refractivity contribution in [2.45, 2.75) is 0 Å². The highest BCUT2D eigenvalue weighted by Crippen LogP contribution is 2.22. The van der Waals surface area contributed by atoms with Gasteiger partial charge in [0.1, 0.15) is 5.56 Å². The molecule has 0 bridgehead atoms. The van der Waals surface area contributed by atoms with E-state index in [4.69, 9.17) is 5.26 Å². The molecule has 20 heavy (non-hydrogen) atoms. The molecule has 6 heteroatoms. The topological polar surface area (TPSA) is 77.0 Å². The van der Waals surface area contributed by atoms with E-state index in [0.29, 0.717) is 10.3 Å². The number of nitrogens with zero attached hydrogens (tertiary/aromatic N) is 2. The predicted octanol–water partition coefficient (Wildman–Crippen LogP) is 1.78. The molecule has 0 fully saturated rings. The van der Waals surface area contributed by atoms with Gasteiger partial charge in [-0.15, -0.1) is 0 Å². The van der Waals surface area contributed by atoms with Crippen LogP contribution in [0.25, 0.3) is 11.3 Å². The molecule has 1 heterocycles. The molecule has 0 saturated carbocycles. The van der Waals surface area contributed by atoms with Crippen molar-refractivity contribution in [1.82, 2.24) is 0 Å². The van der Waals surface area contributed by atoms with E-state index in [1.54, 1.807) is 0 Å². The fourth-order valence-corrected chi connectivity index (χ4v) is 1.74. The van der Waals surface area contributed by atoms with E-state index in [1.165, 1.54) is 24.3 Å². The number of esters is 1. The number of nitriles is 1. The maximum atomic E-state index is 14.3. The number of benzene rings is 1. The van der Waals surface area contributed by atoms with Gasteiger partial charge in [-0.25, -0.2) is 4.79 Å². The molecule has 0 amide bonds. The lowest BCUT2D eigenvalue weighted by molar-refractivity contribution is -0.595. The van der Waals surface area contributed by atoms with E-state index in [1.807, 2.05) is 6.07 Å². The van der Waals surface area contributed by atoms with Crippen LogP contribution in [0.1, 0.15) is 15.9 Å². The molecule has 0 unspecified atom stereocenters. The van der Waals surface area contributed by atoms with Gasteiger partial charge in [-0.3, -0.25) is 0 Å². The van der Waals surface area contributed by atoms with Gasteiger partial charge in [0.25, 0.3) is 5.69 Å². The summed E-state index contributed by atoms with van der Waals surface area (Å²) < 4.78 is 19.0. The zero-order chi connectivity index (χ0) is 14.7. The number of ether oxygens (including phenoxy) is 1. The zero-order valence-electron chi connectivity index (χ0n) is 10.5. The third kappa shape index (κ3) is 2.29. The summed E-state index contributed by atoms with van der Waals surface area (Å²) in [5.41, 5.74) is 0.0364. The van der Waals surface area contributed by atoms with E-state index < -0.39 is 11.8 Å². The third-order valence-electron chi connectivity index (χ3n) is 2.73. The van der Waals surface area contributed by atoms with Crippen LogP contribution in [-0.4, -0.2) is 13.1 Å². The predicted molar refractivity (Wildman–Crippen MR) is 66.9 cm³/mol. The van der Waals surface area contributed by atoms with Crippen LogP contribution in [0.2, 0.25) is 0 Å². The molecule has 0 aliphatic heterocycles. The molecule has 5 nitrogen and oxygen atoms in total. The Morgan fingerprint density at radius 3 is 2.55 bits per heavy atom. The SMILES string of the molecule is COC(=O)c1cc[n+]([O-])c(-c2ccc(C#N)cc2)c1F. The molecule has 2 rings (SSSR count). The van der Waals surface area contributed by atoms with Crippen LogP contribution in [-0.2, 0) is 4.74 Å². The molecule has 0 saturated heterocycles. The number of methoxy groups -OCH3 is 1. The normalized spacial score (nSPS) is 9.85. The lowest BCUT2D eigenvalue weighted by atomic mass is 10.1. The van der Waals surface area contributed by atoms with Gasteiger partial charge in [-0.1, -0.05) is 0 Å². The minimum Gasteiger partial charge on any atom is -0.618 e. The second-order valence-electron chi connectivity index (χ2n) is 3.90. The summed E-state index contributed by atoms with van der Waals surface area (Å²) in [6.07, 6.45) is 1.03. The number of aromatic nitrogens is 1. The Labute approximate surface area is 114 Å². The van der Waals surface area contributed by atoms with Crippen molar-refractivity contribution < 1.29 is 18.7 Å². The maximum absolute atomic E-state index is 14.3. The summed E-state index contributed by atoms with van der Waals surface area (Å²) in [4.78, 5) is 11.4. The van der Waals surface area contributed by atoms with Gasteiger partial charge in [0.15, 0.2) is 6.20 Å². The number of hydrogen-bond donors (Lipinski definition) is 0. The molecule has 0 N–H and O–H groups in total. The molecule has 1 aromatic heterocycles. The second-order valence-corrected chi connectivity index (χ2v) is 3.90. The number of carbonyl (C=O) groups is 1. The molecular formula is C14H9FN2O3. The van der Waals surface area contributed by atoms with Gasteiger partial charge in [0.2, 0.25) is 5.82 Å².